The Kier molecular flexibility index (Phi) is 5.64. The molecule has 0 spiro atoms. The van der Waals surface area contributed by atoms with Crippen LogP contribution in [0.15, 0.2) is 23.1 Å². The third kappa shape index (κ3) is 4.77. The van der Waals surface area contributed by atoms with E-state index >= 15 is 0 Å². The molecular weight excluding hydrogens is 264 g/mol. The van der Waals surface area contributed by atoms with Crippen molar-refractivity contribution in [3.8, 4) is 0 Å². The minimum Gasteiger partial charge on any atom is -0.313 e. The summed E-state index contributed by atoms with van der Waals surface area (Å²) in [4.78, 5) is 0.790. The molecule has 0 aliphatic heterocycles. The first-order valence-electron chi connectivity index (χ1n) is 6.96. The standard InChI is InChI=1S/C15H21F2NS/c1-11-3-2-4-12(9-11)18-7-8-19-13-5-6-14(16)15(17)10-13/h5-6,10-12,18H,2-4,7-9H2,1H3. The van der Waals surface area contributed by atoms with Gasteiger partial charge in [0.05, 0.1) is 0 Å². The van der Waals surface area contributed by atoms with Gasteiger partial charge in [-0.1, -0.05) is 19.8 Å². The van der Waals surface area contributed by atoms with Crippen molar-refractivity contribution in [2.75, 3.05) is 12.3 Å². The average Bonchev–Trinajstić information content (AvgIpc) is 2.39. The van der Waals surface area contributed by atoms with Crippen molar-refractivity contribution in [2.45, 2.75) is 43.5 Å². The number of halogens is 2. The Morgan fingerprint density at radius 1 is 1.26 bits per heavy atom. The van der Waals surface area contributed by atoms with Gasteiger partial charge in [0.25, 0.3) is 0 Å². The lowest BCUT2D eigenvalue weighted by Crippen LogP contribution is -2.34. The summed E-state index contributed by atoms with van der Waals surface area (Å²) in [6.07, 6.45) is 5.19. The fourth-order valence-electron chi connectivity index (χ4n) is 2.62. The highest BCUT2D eigenvalue weighted by molar-refractivity contribution is 7.99. The van der Waals surface area contributed by atoms with Gasteiger partial charge in [-0.25, -0.2) is 8.78 Å². The molecule has 19 heavy (non-hydrogen) atoms. The summed E-state index contributed by atoms with van der Waals surface area (Å²) in [5.41, 5.74) is 0. The topological polar surface area (TPSA) is 12.0 Å². The van der Waals surface area contributed by atoms with E-state index in [0.717, 1.165) is 23.1 Å². The summed E-state index contributed by atoms with van der Waals surface area (Å²) in [6.45, 7) is 3.23. The molecular formula is C15H21F2NS. The molecule has 106 valence electrons. The first-order chi connectivity index (χ1) is 9.15. The van der Waals surface area contributed by atoms with Crippen LogP contribution in [-0.4, -0.2) is 18.3 Å². The summed E-state index contributed by atoms with van der Waals surface area (Å²) in [6, 6.07) is 4.72. The van der Waals surface area contributed by atoms with Crippen LogP contribution in [0, 0.1) is 17.6 Å². The van der Waals surface area contributed by atoms with Gasteiger partial charge in [0.1, 0.15) is 0 Å². The SMILES string of the molecule is CC1CCCC(NCCSc2ccc(F)c(F)c2)C1. The smallest absolute Gasteiger partial charge is 0.159 e. The Morgan fingerprint density at radius 2 is 2.11 bits per heavy atom. The summed E-state index contributed by atoms with van der Waals surface area (Å²) in [5, 5.41) is 3.56. The highest BCUT2D eigenvalue weighted by atomic mass is 32.2. The van der Waals surface area contributed by atoms with Crippen molar-refractivity contribution in [1.82, 2.24) is 5.32 Å². The lowest BCUT2D eigenvalue weighted by Gasteiger charge is -2.27. The van der Waals surface area contributed by atoms with Crippen molar-refractivity contribution >= 4 is 11.8 Å². The number of hydrogen-bond donors (Lipinski definition) is 1. The molecule has 0 saturated heterocycles. The molecule has 1 fully saturated rings. The maximum Gasteiger partial charge on any atom is 0.159 e. The monoisotopic (exact) mass is 285 g/mol. The minimum atomic E-state index is -0.779. The molecule has 1 aliphatic rings. The highest BCUT2D eigenvalue weighted by Crippen LogP contribution is 2.24. The zero-order valence-corrected chi connectivity index (χ0v) is 12.1. The van der Waals surface area contributed by atoms with Crippen LogP contribution in [0.25, 0.3) is 0 Å². The number of thioether (sulfide) groups is 1. The van der Waals surface area contributed by atoms with Crippen LogP contribution < -0.4 is 5.32 Å². The predicted octanol–water partition coefficient (Wildman–Crippen LogP) is 4.23. The summed E-state index contributed by atoms with van der Waals surface area (Å²) >= 11 is 1.56. The van der Waals surface area contributed by atoms with Crippen LogP contribution in [0.3, 0.4) is 0 Å². The Balaban J connectivity index is 1.67. The number of rotatable bonds is 5. The average molecular weight is 285 g/mol. The summed E-state index contributed by atoms with van der Waals surface area (Å²) in [5.74, 6) is 0.165. The van der Waals surface area contributed by atoms with Crippen LogP contribution in [0.2, 0.25) is 0 Å². The molecule has 4 heteroatoms. The molecule has 0 radical (unpaired) electrons. The highest BCUT2D eigenvalue weighted by Gasteiger charge is 2.17. The van der Waals surface area contributed by atoms with Crippen LogP contribution in [0.1, 0.15) is 32.6 Å². The van der Waals surface area contributed by atoms with E-state index in [1.165, 1.54) is 37.8 Å². The lowest BCUT2D eigenvalue weighted by atomic mass is 9.87. The van der Waals surface area contributed by atoms with Crippen LogP contribution in [0.5, 0.6) is 0 Å². The van der Waals surface area contributed by atoms with Gasteiger partial charge in [0, 0.05) is 23.2 Å². The Labute approximate surface area is 118 Å². The van der Waals surface area contributed by atoms with Crippen molar-refractivity contribution in [2.24, 2.45) is 5.92 Å². The first-order valence-corrected chi connectivity index (χ1v) is 7.95. The Bertz CT molecular complexity index is 411. The van der Waals surface area contributed by atoms with Crippen molar-refractivity contribution in [3.05, 3.63) is 29.8 Å². The van der Waals surface area contributed by atoms with E-state index in [0.29, 0.717) is 6.04 Å². The van der Waals surface area contributed by atoms with Gasteiger partial charge in [-0.2, -0.15) is 0 Å². The van der Waals surface area contributed by atoms with Gasteiger partial charge < -0.3 is 5.32 Å². The summed E-state index contributed by atoms with van der Waals surface area (Å²) < 4.78 is 25.8. The van der Waals surface area contributed by atoms with Gasteiger partial charge in [0.15, 0.2) is 11.6 Å². The third-order valence-electron chi connectivity index (χ3n) is 3.63. The fraction of sp³-hybridized carbons (Fsp3) is 0.600. The maximum atomic E-state index is 13.0. The zero-order chi connectivity index (χ0) is 13.7. The van der Waals surface area contributed by atoms with E-state index in [1.807, 2.05) is 0 Å². The number of hydrogen-bond acceptors (Lipinski definition) is 2. The molecule has 1 N–H and O–H groups in total. The maximum absolute atomic E-state index is 13.0. The normalized spacial score (nSPS) is 23.5. The molecule has 1 saturated carbocycles. The van der Waals surface area contributed by atoms with Gasteiger partial charge in [0.2, 0.25) is 0 Å². The third-order valence-corrected chi connectivity index (χ3v) is 4.63. The molecule has 0 amide bonds. The Hall–Kier alpha value is -0.610. The van der Waals surface area contributed by atoms with E-state index in [-0.39, 0.29) is 0 Å². The van der Waals surface area contributed by atoms with Crippen molar-refractivity contribution < 1.29 is 8.78 Å². The van der Waals surface area contributed by atoms with Crippen molar-refractivity contribution in [1.29, 1.82) is 0 Å². The second-order valence-electron chi connectivity index (χ2n) is 5.35. The Morgan fingerprint density at radius 3 is 2.84 bits per heavy atom. The minimum absolute atomic E-state index is 0.634. The van der Waals surface area contributed by atoms with E-state index in [9.17, 15) is 8.78 Å². The number of benzene rings is 1. The lowest BCUT2D eigenvalue weighted by molar-refractivity contribution is 0.306. The zero-order valence-electron chi connectivity index (χ0n) is 11.3. The van der Waals surface area contributed by atoms with Crippen LogP contribution in [0.4, 0.5) is 8.78 Å². The van der Waals surface area contributed by atoms with E-state index in [4.69, 9.17) is 0 Å². The van der Waals surface area contributed by atoms with E-state index < -0.39 is 11.6 Å². The van der Waals surface area contributed by atoms with Gasteiger partial charge in [-0.15, -0.1) is 11.8 Å². The van der Waals surface area contributed by atoms with E-state index in [2.05, 4.69) is 12.2 Å². The van der Waals surface area contributed by atoms with E-state index in [1.54, 1.807) is 17.8 Å². The second kappa shape index (κ2) is 7.25. The van der Waals surface area contributed by atoms with Crippen LogP contribution >= 0.6 is 11.8 Å². The summed E-state index contributed by atoms with van der Waals surface area (Å²) in [7, 11) is 0. The molecule has 2 atom stereocenters. The quantitative estimate of drug-likeness (QED) is 0.642. The molecule has 0 bridgehead atoms. The largest absolute Gasteiger partial charge is 0.313 e. The van der Waals surface area contributed by atoms with Gasteiger partial charge in [-0.3, -0.25) is 0 Å². The first kappa shape index (κ1) is 14.8. The molecule has 1 aromatic rings. The molecule has 1 aliphatic carbocycles. The molecule has 2 rings (SSSR count). The molecule has 0 aromatic heterocycles. The molecule has 1 nitrogen and oxygen atoms in total. The van der Waals surface area contributed by atoms with Gasteiger partial charge in [-0.05, 0) is 37.0 Å². The molecule has 0 heterocycles. The fourth-order valence-corrected chi connectivity index (χ4v) is 3.42. The molecule has 2 unspecified atom stereocenters. The van der Waals surface area contributed by atoms with Crippen LogP contribution in [-0.2, 0) is 0 Å². The predicted molar refractivity (Wildman–Crippen MR) is 76.5 cm³/mol. The molecule has 1 aromatic carbocycles. The number of nitrogens with one attached hydrogen (secondary N) is 1. The second-order valence-corrected chi connectivity index (χ2v) is 6.52. The van der Waals surface area contributed by atoms with Gasteiger partial charge >= 0.3 is 0 Å². The van der Waals surface area contributed by atoms with Crippen molar-refractivity contribution in [3.63, 3.8) is 0 Å².